The van der Waals surface area contributed by atoms with Crippen molar-refractivity contribution in [1.29, 1.82) is 0 Å². The molecule has 2 aliphatic rings. The highest BCUT2D eigenvalue weighted by Gasteiger charge is 2.26. The molecule has 6 nitrogen and oxygen atoms in total. The quantitative estimate of drug-likeness (QED) is 0.435. The zero-order valence-corrected chi connectivity index (χ0v) is 21.9. The minimum atomic E-state index is -0.191. The Morgan fingerprint density at radius 1 is 1.03 bits per heavy atom. The lowest BCUT2D eigenvalue weighted by molar-refractivity contribution is 0.0935. The van der Waals surface area contributed by atoms with E-state index in [9.17, 15) is 9.59 Å². The summed E-state index contributed by atoms with van der Waals surface area (Å²) in [7, 11) is 0. The Hall–Kier alpha value is -3.38. The Labute approximate surface area is 223 Å². The van der Waals surface area contributed by atoms with Gasteiger partial charge in [-0.2, -0.15) is 0 Å². The third kappa shape index (κ3) is 5.96. The molecule has 0 spiro atoms. The van der Waals surface area contributed by atoms with E-state index < -0.39 is 0 Å². The van der Waals surface area contributed by atoms with Gasteiger partial charge in [-0.3, -0.25) is 14.6 Å². The molecule has 1 aliphatic heterocycles. The first-order valence-corrected chi connectivity index (χ1v) is 13.5. The van der Waals surface area contributed by atoms with Gasteiger partial charge in [0.05, 0.1) is 16.6 Å². The lowest BCUT2D eigenvalue weighted by atomic mass is 9.93. The minimum absolute atomic E-state index is 0.0597. The van der Waals surface area contributed by atoms with Crippen LogP contribution < -0.4 is 15.5 Å². The molecule has 2 N–H and O–H groups in total. The molecule has 2 amide bonds. The third-order valence-corrected chi connectivity index (χ3v) is 7.94. The van der Waals surface area contributed by atoms with E-state index in [0.717, 1.165) is 56.5 Å². The van der Waals surface area contributed by atoms with E-state index in [1.807, 2.05) is 31.3 Å². The van der Waals surface area contributed by atoms with Crippen molar-refractivity contribution in [2.45, 2.75) is 45.1 Å². The molecule has 7 heteroatoms. The van der Waals surface area contributed by atoms with Gasteiger partial charge in [0.1, 0.15) is 0 Å². The Morgan fingerprint density at radius 3 is 2.62 bits per heavy atom. The lowest BCUT2D eigenvalue weighted by Crippen LogP contribution is -2.35. The van der Waals surface area contributed by atoms with E-state index in [4.69, 9.17) is 11.6 Å². The number of rotatable bonds is 7. The topological polar surface area (TPSA) is 74.3 Å². The molecule has 0 unspecified atom stereocenters. The zero-order valence-electron chi connectivity index (χ0n) is 21.2. The van der Waals surface area contributed by atoms with Crippen LogP contribution in [0.5, 0.6) is 0 Å². The molecule has 1 saturated heterocycles. The van der Waals surface area contributed by atoms with Gasteiger partial charge < -0.3 is 15.5 Å². The second kappa shape index (κ2) is 11.3. The molecule has 1 atom stereocenters. The fraction of sp³-hybridized carbons (Fsp3) is 0.367. The normalized spacial score (nSPS) is 17.4. The van der Waals surface area contributed by atoms with Crippen LogP contribution in [0.3, 0.4) is 0 Å². The summed E-state index contributed by atoms with van der Waals surface area (Å²) in [5.41, 5.74) is 5.60. The predicted molar refractivity (Wildman–Crippen MR) is 147 cm³/mol. The second-order valence-electron chi connectivity index (χ2n) is 10.1. The molecule has 192 valence electrons. The maximum absolute atomic E-state index is 12.9. The molecule has 3 aromatic rings. The van der Waals surface area contributed by atoms with Gasteiger partial charge in [-0.05, 0) is 92.5 Å². The number of hydrogen-bond donors (Lipinski definition) is 2. The van der Waals surface area contributed by atoms with Crippen LogP contribution >= 0.6 is 11.6 Å². The van der Waals surface area contributed by atoms with Crippen molar-refractivity contribution < 1.29 is 9.59 Å². The maximum atomic E-state index is 12.9. The molecule has 2 heterocycles. The molecule has 0 radical (unpaired) electrons. The van der Waals surface area contributed by atoms with E-state index in [1.165, 1.54) is 11.3 Å². The largest absolute Gasteiger partial charge is 0.371 e. The van der Waals surface area contributed by atoms with Gasteiger partial charge in [0.25, 0.3) is 11.8 Å². The summed E-state index contributed by atoms with van der Waals surface area (Å²) in [6.07, 6.45) is 6.80. The average molecular weight is 517 g/mol. The molecule has 1 aromatic heterocycles. The fourth-order valence-corrected chi connectivity index (χ4v) is 5.70. The first-order valence-electron chi connectivity index (χ1n) is 13.1. The van der Waals surface area contributed by atoms with Gasteiger partial charge in [-0.1, -0.05) is 29.8 Å². The van der Waals surface area contributed by atoms with Crippen LogP contribution in [0.25, 0.3) is 0 Å². The van der Waals surface area contributed by atoms with Crippen molar-refractivity contribution in [3.05, 3.63) is 93.8 Å². The molecule has 2 aromatic carbocycles. The summed E-state index contributed by atoms with van der Waals surface area (Å²) in [5.74, 6) is 0.364. The summed E-state index contributed by atoms with van der Waals surface area (Å²) in [6, 6.07) is 17.0. The molecule has 0 bridgehead atoms. The van der Waals surface area contributed by atoms with Gasteiger partial charge in [0.2, 0.25) is 0 Å². The molecule has 0 saturated carbocycles. The number of nitrogens with zero attached hydrogens (tertiary/aromatic N) is 2. The maximum Gasteiger partial charge on any atom is 0.253 e. The van der Waals surface area contributed by atoms with Crippen molar-refractivity contribution in [1.82, 2.24) is 15.6 Å². The Bertz CT molecular complexity index is 1290. The van der Waals surface area contributed by atoms with E-state index in [1.54, 1.807) is 24.3 Å². The van der Waals surface area contributed by atoms with Crippen LogP contribution in [0.15, 0.2) is 60.8 Å². The minimum Gasteiger partial charge on any atom is -0.371 e. The van der Waals surface area contributed by atoms with Crippen LogP contribution in [0, 0.1) is 12.8 Å². The second-order valence-corrected chi connectivity index (χ2v) is 10.5. The number of anilines is 1. The summed E-state index contributed by atoms with van der Waals surface area (Å²) >= 11 is 6.20. The van der Waals surface area contributed by atoms with E-state index in [-0.39, 0.29) is 17.9 Å². The fourth-order valence-electron chi connectivity index (χ4n) is 5.47. The van der Waals surface area contributed by atoms with Gasteiger partial charge in [0.15, 0.2) is 0 Å². The monoisotopic (exact) mass is 516 g/mol. The van der Waals surface area contributed by atoms with E-state index >= 15 is 0 Å². The number of nitrogens with one attached hydrogen (secondary N) is 2. The number of hydrogen-bond acceptors (Lipinski definition) is 4. The highest BCUT2D eigenvalue weighted by molar-refractivity contribution is 6.33. The lowest BCUT2D eigenvalue weighted by Gasteiger charge is -2.33. The molecule has 1 fully saturated rings. The third-order valence-electron chi connectivity index (χ3n) is 7.61. The number of fused-ring (bicyclic) bond motifs is 1. The van der Waals surface area contributed by atoms with E-state index in [0.29, 0.717) is 28.6 Å². The average Bonchev–Trinajstić information content (AvgIpc) is 3.31. The van der Waals surface area contributed by atoms with Crippen molar-refractivity contribution in [2.24, 2.45) is 5.92 Å². The summed E-state index contributed by atoms with van der Waals surface area (Å²) < 4.78 is 0. The Morgan fingerprint density at radius 2 is 1.84 bits per heavy atom. The number of piperidine rings is 1. The van der Waals surface area contributed by atoms with Crippen LogP contribution in [0.4, 0.5) is 5.69 Å². The number of amides is 2. The smallest absolute Gasteiger partial charge is 0.253 e. The van der Waals surface area contributed by atoms with Gasteiger partial charge >= 0.3 is 0 Å². The standard InChI is InChI=1S/C30H33ClN4O2/c1-20-18-24(11-15-32-20)35-16-12-21(13-17-35)10-14-33-29(36)23-7-6-22-8-9-28(26(22)19-23)34-30(37)25-4-2-3-5-27(25)31/h2-7,11,15,18-19,21,28H,8-10,12-14,16-17H2,1H3,(H,33,36)(H,34,37)/t28-/m1/s1. The van der Waals surface area contributed by atoms with Crippen LogP contribution in [0.2, 0.25) is 5.02 Å². The number of aromatic nitrogens is 1. The van der Waals surface area contributed by atoms with Gasteiger partial charge in [0, 0.05) is 42.8 Å². The molecule has 1 aliphatic carbocycles. The Kier molecular flexibility index (Phi) is 7.75. The summed E-state index contributed by atoms with van der Waals surface area (Å²) in [6.45, 7) is 4.76. The first kappa shape index (κ1) is 25.3. The van der Waals surface area contributed by atoms with Gasteiger partial charge in [-0.25, -0.2) is 0 Å². The van der Waals surface area contributed by atoms with Crippen molar-refractivity contribution in [2.75, 3.05) is 24.5 Å². The zero-order chi connectivity index (χ0) is 25.8. The number of aryl methyl sites for hydroxylation is 2. The van der Waals surface area contributed by atoms with Crippen LogP contribution in [-0.4, -0.2) is 36.4 Å². The first-order chi connectivity index (χ1) is 18.0. The summed E-state index contributed by atoms with van der Waals surface area (Å²) in [4.78, 5) is 32.4. The number of halogens is 1. The molecule has 37 heavy (non-hydrogen) atoms. The molecular formula is C30H33ClN4O2. The predicted octanol–water partition coefficient (Wildman–Crippen LogP) is 5.50. The van der Waals surface area contributed by atoms with Crippen LogP contribution in [-0.2, 0) is 6.42 Å². The number of carbonyl (C=O) groups is 2. The number of benzene rings is 2. The molecule has 5 rings (SSSR count). The van der Waals surface area contributed by atoms with Crippen LogP contribution in [0.1, 0.15) is 69.3 Å². The van der Waals surface area contributed by atoms with Gasteiger partial charge in [-0.15, -0.1) is 0 Å². The highest BCUT2D eigenvalue weighted by atomic mass is 35.5. The number of pyridine rings is 1. The molecular weight excluding hydrogens is 484 g/mol. The SMILES string of the molecule is Cc1cc(N2CCC(CCNC(=O)c3ccc4c(c3)[C@H](NC(=O)c3ccccc3Cl)CC4)CC2)ccn1. The van der Waals surface area contributed by atoms with Crippen molar-refractivity contribution in [3.63, 3.8) is 0 Å². The van der Waals surface area contributed by atoms with E-state index in [2.05, 4.69) is 32.7 Å². The van der Waals surface area contributed by atoms with Crippen molar-refractivity contribution in [3.8, 4) is 0 Å². The van der Waals surface area contributed by atoms with Crippen molar-refractivity contribution >= 4 is 29.1 Å². The highest BCUT2D eigenvalue weighted by Crippen LogP contribution is 2.32. The summed E-state index contributed by atoms with van der Waals surface area (Å²) in [5, 5.41) is 6.65. The number of carbonyl (C=O) groups excluding carboxylic acids is 2. The Balaban J connectivity index is 1.12.